The Hall–Kier alpha value is -1.35. The summed E-state index contributed by atoms with van der Waals surface area (Å²) in [5.41, 5.74) is 1.93. The van der Waals surface area contributed by atoms with Gasteiger partial charge in [0.15, 0.2) is 5.15 Å². The van der Waals surface area contributed by atoms with Gasteiger partial charge in [-0.1, -0.05) is 17.7 Å². The minimum absolute atomic E-state index is 0.440. The lowest BCUT2D eigenvalue weighted by Gasteiger charge is -2.01. The summed E-state index contributed by atoms with van der Waals surface area (Å²) in [6.45, 7) is 0. The van der Waals surface area contributed by atoms with E-state index in [4.69, 9.17) is 11.6 Å². The molecule has 2 heterocycles. The quantitative estimate of drug-likeness (QED) is 0.765. The van der Waals surface area contributed by atoms with E-state index in [1.54, 1.807) is 0 Å². The zero-order valence-corrected chi connectivity index (χ0v) is 9.44. The van der Waals surface area contributed by atoms with Crippen LogP contribution in [0.15, 0.2) is 18.3 Å². The summed E-state index contributed by atoms with van der Waals surface area (Å²) in [5, 5.41) is 0.555. The van der Waals surface area contributed by atoms with Gasteiger partial charge in [0.25, 0.3) is 0 Å². The summed E-state index contributed by atoms with van der Waals surface area (Å²) in [4.78, 5) is 14.9. The standard InChI is InChI=1S/C12H11ClN2O/c13-11-10-4-1-8(5-6-16)7-15(10)12(14-11)9-2-3-9/h1,4,6-7,9H,2-3,5H2. The Balaban J connectivity index is 2.18. The lowest BCUT2D eigenvalue weighted by Crippen LogP contribution is -1.95. The SMILES string of the molecule is O=CCc1ccc2c(Cl)nc(C3CC3)n2c1. The molecule has 1 aliphatic carbocycles. The van der Waals surface area contributed by atoms with Gasteiger partial charge in [0.2, 0.25) is 0 Å². The minimum Gasteiger partial charge on any atom is -0.303 e. The Kier molecular flexibility index (Phi) is 2.21. The molecule has 16 heavy (non-hydrogen) atoms. The maximum Gasteiger partial charge on any atom is 0.155 e. The van der Waals surface area contributed by atoms with Crippen LogP contribution in [0.3, 0.4) is 0 Å². The van der Waals surface area contributed by atoms with E-state index in [1.807, 2.05) is 22.7 Å². The van der Waals surface area contributed by atoms with Gasteiger partial charge in [0, 0.05) is 18.5 Å². The van der Waals surface area contributed by atoms with Crippen LogP contribution in [0, 0.1) is 0 Å². The molecule has 0 unspecified atom stereocenters. The molecule has 0 aliphatic heterocycles. The number of hydrogen-bond acceptors (Lipinski definition) is 2. The van der Waals surface area contributed by atoms with Gasteiger partial charge in [-0.2, -0.15) is 0 Å². The highest BCUT2D eigenvalue weighted by molar-refractivity contribution is 6.32. The summed E-state index contributed by atoms with van der Waals surface area (Å²) in [5.74, 6) is 1.58. The Morgan fingerprint density at radius 2 is 2.31 bits per heavy atom. The fraction of sp³-hybridized carbons (Fsp3) is 0.333. The third-order valence-corrected chi connectivity index (χ3v) is 3.22. The first-order chi connectivity index (χ1) is 7.79. The van der Waals surface area contributed by atoms with Crippen LogP contribution in [0.2, 0.25) is 5.15 Å². The molecule has 82 valence electrons. The number of aromatic nitrogens is 2. The number of hydrogen-bond donors (Lipinski definition) is 0. The number of carbonyl (C=O) groups excluding carboxylic acids is 1. The Bertz CT molecular complexity index is 557. The second kappa shape index (κ2) is 3.59. The van der Waals surface area contributed by atoms with Gasteiger partial charge >= 0.3 is 0 Å². The van der Waals surface area contributed by atoms with E-state index in [-0.39, 0.29) is 0 Å². The first kappa shape index (κ1) is 9.85. The molecule has 0 atom stereocenters. The van der Waals surface area contributed by atoms with Crippen LogP contribution < -0.4 is 0 Å². The molecule has 2 aromatic rings. The third-order valence-electron chi connectivity index (χ3n) is 2.94. The van der Waals surface area contributed by atoms with Crippen molar-refractivity contribution in [2.75, 3.05) is 0 Å². The molecule has 0 radical (unpaired) electrons. The number of aldehydes is 1. The number of imidazole rings is 1. The maximum absolute atomic E-state index is 10.5. The van der Waals surface area contributed by atoms with Crippen molar-refractivity contribution < 1.29 is 4.79 Å². The van der Waals surface area contributed by atoms with Gasteiger partial charge in [-0.05, 0) is 24.5 Å². The summed E-state index contributed by atoms with van der Waals surface area (Å²) < 4.78 is 2.03. The molecule has 0 spiro atoms. The molecular formula is C12H11ClN2O. The van der Waals surface area contributed by atoms with Gasteiger partial charge in [-0.3, -0.25) is 0 Å². The maximum atomic E-state index is 10.5. The van der Waals surface area contributed by atoms with Crippen LogP contribution >= 0.6 is 11.6 Å². The van der Waals surface area contributed by atoms with Crippen molar-refractivity contribution in [3.05, 3.63) is 34.9 Å². The Morgan fingerprint density at radius 3 is 3.00 bits per heavy atom. The highest BCUT2D eigenvalue weighted by Gasteiger charge is 2.28. The number of halogens is 1. The number of rotatable bonds is 3. The lowest BCUT2D eigenvalue weighted by atomic mass is 10.2. The number of nitrogens with zero attached hydrogens (tertiary/aromatic N) is 2. The average molecular weight is 235 g/mol. The fourth-order valence-electron chi connectivity index (χ4n) is 1.96. The predicted octanol–water partition coefficient (Wildman–Crippen LogP) is 2.61. The van der Waals surface area contributed by atoms with Crippen LogP contribution in [0.4, 0.5) is 0 Å². The number of pyridine rings is 1. The summed E-state index contributed by atoms with van der Waals surface area (Å²) in [6, 6.07) is 3.86. The van der Waals surface area contributed by atoms with Gasteiger partial charge in [0.05, 0.1) is 5.52 Å². The van der Waals surface area contributed by atoms with Gasteiger partial charge in [0.1, 0.15) is 12.1 Å². The Morgan fingerprint density at radius 1 is 1.50 bits per heavy atom. The van der Waals surface area contributed by atoms with Gasteiger partial charge < -0.3 is 9.20 Å². The topological polar surface area (TPSA) is 34.4 Å². The molecule has 3 rings (SSSR count). The van der Waals surface area contributed by atoms with Crippen LogP contribution in [0.5, 0.6) is 0 Å². The minimum atomic E-state index is 0.440. The molecule has 0 aromatic carbocycles. The summed E-state index contributed by atoms with van der Waals surface area (Å²) in [6.07, 6.45) is 5.70. The second-order valence-electron chi connectivity index (χ2n) is 4.20. The normalized spacial score (nSPS) is 15.6. The van der Waals surface area contributed by atoms with E-state index in [2.05, 4.69) is 4.98 Å². The van der Waals surface area contributed by atoms with E-state index >= 15 is 0 Å². The van der Waals surface area contributed by atoms with Crippen molar-refractivity contribution in [3.8, 4) is 0 Å². The van der Waals surface area contributed by atoms with Gasteiger partial charge in [-0.15, -0.1) is 0 Å². The van der Waals surface area contributed by atoms with E-state index in [0.717, 1.165) is 23.2 Å². The summed E-state index contributed by atoms with van der Waals surface area (Å²) in [7, 11) is 0. The molecule has 0 saturated heterocycles. The smallest absolute Gasteiger partial charge is 0.155 e. The van der Waals surface area contributed by atoms with Crippen molar-refractivity contribution in [1.82, 2.24) is 9.38 Å². The van der Waals surface area contributed by atoms with Crippen molar-refractivity contribution >= 4 is 23.4 Å². The van der Waals surface area contributed by atoms with Crippen LogP contribution in [0.1, 0.15) is 30.1 Å². The first-order valence-corrected chi connectivity index (χ1v) is 5.77. The highest BCUT2D eigenvalue weighted by atomic mass is 35.5. The van der Waals surface area contributed by atoms with Crippen LogP contribution in [-0.4, -0.2) is 15.7 Å². The molecule has 1 aliphatic rings. The molecule has 0 bridgehead atoms. The van der Waals surface area contributed by atoms with E-state index in [9.17, 15) is 4.79 Å². The van der Waals surface area contributed by atoms with Crippen molar-refractivity contribution in [2.24, 2.45) is 0 Å². The van der Waals surface area contributed by atoms with Crippen molar-refractivity contribution in [3.63, 3.8) is 0 Å². The molecule has 1 saturated carbocycles. The van der Waals surface area contributed by atoms with E-state index in [1.165, 1.54) is 12.8 Å². The molecule has 0 amide bonds. The second-order valence-corrected chi connectivity index (χ2v) is 4.56. The third kappa shape index (κ3) is 1.52. The van der Waals surface area contributed by atoms with Crippen LogP contribution in [-0.2, 0) is 11.2 Å². The molecule has 4 heteroatoms. The Labute approximate surface area is 98.1 Å². The van der Waals surface area contributed by atoms with E-state index < -0.39 is 0 Å². The molecular weight excluding hydrogens is 224 g/mol. The largest absolute Gasteiger partial charge is 0.303 e. The zero-order valence-electron chi connectivity index (χ0n) is 8.69. The molecule has 1 fully saturated rings. The zero-order chi connectivity index (χ0) is 11.1. The molecule has 0 N–H and O–H groups in total. The average Bonchev–Trinajstić information content (AvgIpc) is 3.06. The number of fused-ring (bicyclic) bond motifs is 1. The van der Waals surface area contributed by atoms with Crippen molar-refractivity contribution in [2.45, 2.75) is 25.2 Å². The molecule has 3 nitrogen and oxygen atoms in total. The van der Waals surface area contributed by atoms with Crippen molar-refractivity contribution in [1.29, 1.82) is 0 Å². The predicted molar refractivity (Wildman–Crippen MR) is 61.9 cm³/mol. The first-order valence-electron chi connectivity index (χ1n) is 5.39. The number of carbonyl (C=O) groups is 1. The molecule has 2 aromatic heterocycles. The monoisotopic (exact) mass is 234 g/mol. The van der Waals surface area contributed by atoms with Crippen LogP contribution in [0.25, 0.3) is 5.52 Å². The van der Waals surface area contributed by atoms with E-state index in [0.29, 0.717) is 17.5 Å². The summed E-state index contributed by atoms with van der Waals surface area (Å²) >= 11 is 6.08. The lowest BCUT2D eigenvalue weighted by molar-refractivity contribution is -0.107. The van der Waals surface area contributed by atoms with Gasteiger partial charge in [-0.25, -0.2) is 4.98 Å². The fourth-order valence-corrected chi connectivity index (χ4v) is 2.20. The highest BCUT2D eigenvalue weighted by Crippen LogP contribution is 2.40.